The Balaban J connectivity index is 2.08. The van der Waals surface area contributed by atoms with Gasteiger partial charge in [0.2, 0.25) is 6.29 Å². The summed E-state index contributed by atoms with van der Waals surface area (Å²) in [5, 5.41) is 18.3. The molecule has 2 unspecified atom stereocenters. The maximum absolute atomic E-state index is 10.0. The van der Waals surface area contributed by atoms with Crippen molar-refractivity contribution in [1.29, 1.82) is 0 Å². The Morgan fingerprint density at radius 3 is 2.63 bits per heavy atom. The highest BCUT2D eigenvalue weighted by Gasteiger charge is 2.27. The summed E-state index contributed by atoms with van der Waals surface area (Å²) >= 11 is 0. The summed E-state index contributed by atoms with van der Waals surface area (Å²) in [6, 6.07) is 0.0268. The first-order valence-electron chi connectivity index (χ1n) is 7.09. The quantitative estimate of drug-likeness (QED) is 0.798. The third-order valence-electron chi connectivity index (χ3n) is 3.44. The molecule has 0 spiro atoms. The van der Waals surface area contributed by atoms with E-state index in [1.807, 2.05) is 20.0 Å². The van der Waals surface area contributed by atoms with Crippen LogP contribution < -0.4 is 0 Å². The molecular weight excluding hydrogens is 246 g/mol. The van der Waals surface area contributed by atoms with E-state index in [9.17, 15) is 5.11 Å². The highest BCUT2D eigenvalue weighted by Crippen LogP contribution is 2.28. The van der Waals surface area contributed by atoms with Crippen molar-refractivity contribution >= 4 is 0 Å². The van der Waals surface area contributed by atoms with E-state index < -0.39 is 6.29 Å². The van der Waals surface area contributed by atoms with E-state index in [0.29, 0.717) is 18.9 Å². The van der Waals surface area contributed by atoms with E-state index >= 15 is 0 Å². The minimum Gasteiger partial charge on any atom is -0.391 e. The van der Waals surface area contributed by atoms with Crippen molar-refractivity contribution in [2.75, 3.05) is 13.2 Å². The Morgan fingerprint density at radius 1 is 1.32 bits per heavy atom. The second-order valence-electron chi connectivity index (χ2n) is 4.79. The number of hydrogen-bond acceptors (Lipinski definition) is 5. The Bertz CT molecular complexity index is 377. The lowest BCUT2D eigenvalue weighted by Gasteiger charge is -2.27. The van der Waals surface area contributed by atoms with Crippen LogP contribution in [-0.4, -0.2) is 39.4 Å². The van der Waals surface area contributed by atoms with Gasteiger partial charge in [0.1, 0.15) is 5.69 Å². The predicted octanol–water partition coefficient (Wildman–Crippen LogP) is 1.83. The number of aromatic nitrogens is 3. The molecule has 0 radical (unpaired) electrons. The van der Waals surface area contributed by atoms with E-state index in [0.717, 1.165) is 25.7 Å². The van der Waals surface area contributed by atoms with Gasteiger partial charge in [0.15, 0.2) is 0 Å². The van der Waals surface area contributed by atoms with Crippen molar-refractivity contribution in [3.63, 3.8) is 0 Å². The monoisotopic (exact) mass is 269 g/mol. The van der Waals surface area contributed by atoms with Crippen molar-refractivity contribution in [1.82, 2.24) is 15.0 Å². The average molecular weight is 269 g/mol. The Morgan fingerprint density at radius 2 is 2.00 bits per heavy atom. The van der Waals surface area contributed by atoms with Crippen LogP contribution in [0.3, 0.4) is 0 Å². The fraction of sp³-hybridized carbons (Fsp3) is 0.846. The van der Waals surface area contributed by atoms with Gasteiger partial charge in [-0.2, -0.15) is 0 Å². The predicted molar refractivity (Wildman–Crippen MR) is 69.5 cm³/mol. The molecule has 2 rings (SSSR count). The molecule has 1 aromatic rings. The molecule has 0 aliphatic heterocycles. The van der Waals surface area contributed by atoms with Crippen LogP contribution in [0.25, 0.3) is 0 Å². The Kier molecular flexibility index (Phi) is 5.30. The zero-order valence-corrected chi connectivity index (χ0v) is 11.7. The van der Waals surface area contributed by atoms with Crippen molar-refractivity contribution < 1.29 is 14.6 Å². The van der Waals surface area contributed by atoms with Gasteiger partial charge < -0.3 is 14.6 Å². The normalized spacial score (nSPS) is 24.0. The molecule has 1 heterocycles. The molecule has 19 heavy (non-hydrogen) atoms. The minimum absolute atomic E-state index is 0.0268. The third-order valence-corrected chi connectivity index (χ3v) is 3.44. The van der Waals surface area contributed by atoms with E-state index in [1.54, 1.807) is 4.68 Å². The molecular formula is C13H23N3O3. The first-order valence-corrected chi connectivity index (χ1v) is 7.09. The number of nitrogens with zero attached hydrogens (tertiary/aromatic N) is 3. The molecule has 0 aromatic carbocycles. The van der Waals surface area contributed by atoms with Gasteiger partial charge in [0, 0.05) is 13.2 Å². The zero-order chi connectivity index (χ0) is 13.7. The van der Waals surface area contributed by atoms with Crippen LogP contribution in [-0.2, 0) is 9.47 Å². The molecule has 1 aliphatic carbocycles. The van der Waals surface area contributed by atoms with Gasteiger partial charge in [-0.3, -0.25) is 0 Å². The maximum atomic E-state index is 10.0. The van der Waals surface area contributed by atoms with Gasteiger partial charge in [-0.25, -0.2) is 4.68 Å². The van der Waals surface area contributed by atoms with Gasteiger partial charge in [-0.15, -0.1) is 5.10 Å². The summed E-state index contributed by atoms with van der Waals surface area (Å²) < 4.78 is 12.7. The fourth-order valence-corrected chi connectivity index (χ4v) is 2.48. The lowest BCUT2D eigenvalue weighted by Crippen LogP contribution is -2.28. The number of hydrogen-bond donors (Lipinski definition) is 1. The van der Waals surface area contributed by atoms with Crippen molar-refractivity contribution in [2.45, 2.75) is 58.0 Å². The van der Waals surface area contributed by atoms with E-state index in [2.05, 4.69) is 10.3 Å². The Labute approximate surface area is 113 Å². The van der Waals surface area contributed by atoms with E-state index in [-0.39, 0.29) is 12.1 Å². The van der Waals surface area contributed by atoms with Crippen molar-refractivity contribution in [2.24, 2.45) is 0 Å². The molecule has 0 saturated heterocycles. The minimum atomic E-state index is -0.468. The van der Waals surface area contributed by atoms with Crippen LogP contribution in [0.5, 0.6) is 0 Å². The average Bonchev–Trinajstić information content (AvgIpc) is 2.88. The van der Waals surface area contributed by atoms with Gasteiger partial charge in [0.05, 0.1) is 18.3 Å². The molecule has 0 bridgehead atoms. The van der Waals surface area contributed by atoms with Crippen LogP contribution in [0.15, 0.2) is 6.20 Å². The first-order chi connectivity index (χ1) is 9.26. The number of ether oxygens (including phenoxy) is 2. The maximum Gasteiger partial charge on any atom is 0.204 e. The molecule has 6 heteroatoms. The summed E-state index contributed by atoms with van der Waals surface area (Å²) in [6.45, 7) is 4.95. The SMILES string of the molecule is CCOC(OCC)c1cn(C2CCCCC2O)nn1. The topological polar surface area (TPSA) is 69.4 Å². The fourth-order valence-electron chi connectivity index (χ4n) is 2.48. The third kappa shape index (κ3) is 3.52. The summed E-state index contributed by atoms with van der Waals surface area (Å²) in [6.07, 6.45) is 5.01. The highest BCUT2D eigenvalue weighted by atomic mass is 16.7. The molecule has 1 aliphatic rings. The van der Waals surface area contributed by atoms with Crippen LogP contribution in [0, 0.1) is 0 Å². The molecule has 0 amide bonds. The second kappa shape index (κ2) is 6.98. The molecule has 108 valence electrons. The molecule has 6 nitrogen and oxygen atoms in total. The highest BCUT2D eigenvalue weighted by molar-refractivity contribution is 4.97. The van der Waals surface area contributed by atoms with Gasteiger partial charge in [0.25, 0.3) is 0 Å². The second-order valence-corrected chi connectivity index (χ2v) is 4.79. The summed E-state index contributed by atoms with van der Waals surface area (Å²) in [5.74, 6) is 0. The molecule has 1 aromatic heterocycles. The van der Waals surface area contributed by atoms with Crippen molar-refractivity contribution in [3.8, 4) is 0 Å². The smallest absolute Gasteiger partial charge is 0.204 e. The molecule has 1 saturated carbocycles. The zero-order valence-electron chi connectivity index (χ0n) is 11.7. The lowest BCUT2D eigenvalue weighted by molar-refractivity contribution is -0.142. The first kappa shape index (κ1) is 14.4. The Hall–Kier alpha value is -0.980. The van der Waals surface area contributed by atoms with Crippen molar-refractivity contribution in [3.05, 3.63) is 11.9 Å². The van der Waals surface area contributed by atoms with Gasteiger partial charge >= 0.3 is 0 Å². The van der Waals surface area contributed by atoms with Gasteiger partial charge in [-0.05, 0) is 26.7 Å². The number of aliphatic hydroxyl groups is 1. The molecule has 1 N–H and O–H groups in total. The molecule has 2 atom stereocenters. The number of rotatable bonds is 6. The van der Waals surface area contributed by atoms with Crippen LogP contribution >= 0.6 is 0 Å². The molecule has 1 fully saturated rings. The van der Waals surface area contributed by atoms with E-state index in [1.165, 1.54) is 0 Å². The summed E-state index contributed by atoms with van der Waals surface area (Å²) in [4.78, 5) is 0. The van der Waals surface area contributed by atoms with E-state index in [4.69, 9.17) is 9.47 Å². The largest absolute Gasteiger partial charge is 0.391 e. The summed E-state index contributed by atoms with van der Waals surface area (Å²) in [5.41, 5.74) is 0.668. The number of aliphatic hydroxyl groups excluding tert-OH is 1. The van der Waals surface area contributed by atoms with Crippen LogP contribution in [0.2, 0.25) is 0 Å². The summed E-state index contributed by atoms with van der Waals surface area (Å²) in [7, 11) is 0. The van der Waals surface area contributed by atoms with Gasteiger partial charge in [-0.1, -0.05) is 18.1 Å². The van der Waals surface area contributed by atoms with Crippen LogP contribution in [0.4, 0.5) is 0 Å². The van der Waals surface area contributed by atoms with Crippen LogP contribution in [0.1, 0.15) is 57.6 Å². The standard InChI is InChI=1S/C13H23N3O3/c1-3-18-13(19-4-2)10-9-16(15-14-10)11-7-5-6-8-12(11)17/h9,11-13,17H,3-8H2,1-2H3. The lowest BCUT2D eigenvalue weighted by atomic mass is 9.93.